The van der Waals surface area contributed by atoms with Crippen LogP contribution < -0.4 is 5.32 Å². The van der Waals surface area contributed by atoms with Gasteiger partial charge in [0.2, 0.25) is 5.91 Å². The number of anilines is 1. The topological polar surface area (TPSA) is 73.2 Å². The molecule has 2 aromatic heterocycles. The molecule has 0 saturated heterocycles. The van der Waals surface area contributed by atoms with Crippen molar-refractivity contribution in [1.82, 2.24) is 9.55 Å². The van der Waals surface area contributed by atoms with E-state index in [9.17, 15) is 9.59 Å². The summed E-state index contributed by atoms with van der Waals surface area (Å²) in [5, 5.41) is 4.54. The average Bonchev–Trinajstić information content (AvgIpc) is 3.20. The number of methoxy groups -OCH3 is 1. The van der Waals surface area contributed by atoms with Crippen molar-refractivity contribution in [3.05, 3.63) is 46.4 Å². The van der Waals surface area contributed by atoms with E-state index in [1.54, 1.807) is 23.2 Å². The SMILES string of the molecule is COC(=O)c1sccc1NC(=O)Cn1c(CSC)nc2ccccc21. The number of benzene rings is 1. The van der Waals surface area contributed by atoms with Crippen LogP contribution in [0.15, 0.2) is 35.7 Å². The quantitative estimate of drug-likeness (QED) is 0.669. The van der Waals surface area contributed by atoms with Crippen LogP contribution >= 0.6 is 23.1 Å². The van der Waals surface area contributed by atoms with Crippen molar-refractivity contribution in [3.63, 3.8) is 0 Å². The molecule has 0 unspecified atom stereocenters. The minimum absolute atomic E-state index is 0.132. The molecule has 0 spiro atoms. The maximum Gasteiger partial charge on any atom is 0.350 e. The fourth-order valence-corrected chi connectivity index (χ4v) is 3.78. The van der Waals surface area contributed by atoms with E-state index >= 15 is 0 Å². The lowest BCUT2D eigenvalue weighted by Gasteiger charge is -2.10. The number of hydrogen-bond donors (Lipinski definition) is 1. The molecule has 25 heavy (non-hydrogen) atoms. The first-order valence-corrected chi connectivity index (χ1v) is 9.80. The van der Waals surface area contributed by atoms with E-state index in [1.807, 2.05) is 35.1 Å². The molecule has 3 rings (SSSR count). The molecule has 2 heterocycles. The van der Waals surface area contributed by atoms with Gasteiger partial charge in [0, 0.05) is 0 Å². The van der Waals surface area contributed by atoms with Crippen molar-refractivity contribution in [1.29, 1.82) is 0 Å². The normalized spacial score (nSPS) is 10.8. The highest BCUT2D eigenvalue weighted by atomic mass is 32.2. The highest BCUT2D eigenvalue weighted by molar-refractivity contribution is 7.97. The number of esters is 1. The standard InChI is InChI=1S/C17H17N3O3S2/c1-23-17(22)16-12(7-8-25-16)19-15(21)9-20-13-6-4-3-5-11(13)18-14(20)10-24-2/h3-8H,9-10H2,1-2H3,(H,19,21). The Balaban J connectivity index is 1.84. The number of carbonyl (C=O) groups excluding carboxylic acids is 2. The predicted molar refractivity (Wildman–Crippen MR) is 101 cm³/mol. The first-order chi connectivity index (χ1) is 12.1. The molecule has 0 atom stereocenters. The molecule has 1 aromatic carbocycles. The van der Waals surface area contributed by atoms with Gasteiger partial charge < -0.3 is 14.6 Å². The molecule has 0 aliphatic rings. The number of amides is 1. The van der Waals surface area contributed by atoms with Crippen LogP contribution in [0.5, 0.6) is 0 Å². The second-order valence-electron chi connectivity index (χ2n) is 5.24. The van der Waals surface area contributed by atoms with Crippen LogP contribution in [0.25, 0.3) is 11.0 Å². The number of carbonyl (C=O) groups is 2. The summed E-state index contributed by atoms with van der Waals surface area (Å²) in [4.78, 5) is 29.2. The fourth-order valence-electron chi connectivity index (χ4n) is 2.53. The fraction of sp³-hybridized carbons (Fsp3) is 0.235. The monoisotopic (exact) mass is 375 g/mol. The van der Waals surface area contributed by atoms with Crippen LogP contribution in [0, 0.1) is 0 Å². The molecule has 1 N–H and O–H groups in total. The lowest BCUT2D eigenvalue weighted by atomic mass is 10.3. The summed E-state index contributed by atoms with van der Waals surface area (Å²) in [7, 11) is 1.32. The second kappa shape index (κ2) is 7.71. The second-order valence-corrected chi connectivity index (χ2v) is 7.02. The molecule has 3 aromatic rings. The Labute approximate surface area is 153 Å². The Morgan fingerprint density at radius 1 is 1.32 bits per heavy atom. The summed E-state index contributed by atoms with van der Waals surface area (Å²) >= 11 is 2.89. The molecule has 0 bridgehead atoms. The van der Waals surface area contributed by atoms with E-state index in [0.29, 0.717) is 16.3 Å². The number of ether oxygens (including phenoxy) is 1. The maximum absolute atomic E-state index is 12.5. The summed E-state index contributed by atoms with van der Waals surface area (Å²) < 4.78 is 6.64. The molecule has 0 aliphatic heterocycles. The highest BCUT2D eigenvalue weighted by Gasteiger charge is 2.17. The molecule has 6 nitrogen and oxygen atoms in total. The number of aromatic nitrogens is 2. The van der Waals surface area contributed by atoms with Crippen LogP contribution in [0.2, 0.25) is 0 Å². The number of thioether (sulfide) groups is 1. The van der Waals surface area contributed by atoms with Gasteiger partial charge in [-0.3, -0.25) is 4.79 Å². The third-order valence-electron chi connectivity index (χ3n) is 3.62. The van der Waals surface area contributed by atoms with E-state index < -0.39 is 5.97 Å². The van der Waals surface area contributed by atoms with E-state index in [4.69, 9.17) is 4.74 Å². The Morgan fingerprint density at radius 3 is 2.88 bits per heavy atom. The van der Waals surface area contributed by atoms with Gasteiger partial charge in [0.15, 0.2) is 0 Å². The number of thiophene rings is 1. The van der Waals surface area contributed by atoms with Gasteiger partial charge in [-0.15, -0.1) is 11.3 Å². The summed E-state index contributed by atoms with van der Waals surface area (Å²) in [5.74, 6) is 0.895. The van der Waals surface area contributed by atoms with Gasteiger partial charge >= 0.3 is 5.97 Å². The number of nitrogens with one attached hydrogen (secondary N) is 1. The third kappa shape index (κ3) is 3.69. The number of rotatable bonds is 6. The van der Waals surface area contributed by atoms with E-state index in [2.05, 4.69) is 10.3 Å². The number of hydrogen-bond acceptors (Lipinski definition) is 6. The first-order valence-electron chi connectivity index (χ1n) is 7.52. The zero-order valence-corrected chi connectivity index (χ0v) is 15.4. The molecule has 0 saturated carbocycles. The van der Waals surface area contributed by atoms with Crippen molar-refractivity contribution < 1.29 is 14.3 Å². The lowest BCUT2D eigenvalue weighted by molar-refractivity contribution is -0.116. The molecule has 0 fully saturated rings. The molecule has 130 valence electrons. The Morgan fingerprint density at radius 2 is 2.12 bits per heavy atom. The molecule has 0 radical (unpaired) electrons. The minimum atomic E-state index is -0.457. The van der Waals surface area contributed by atoms with E-state index in [0.717, 1.165) is 16.9 Å². The van der Waals surface area contributed by atoms with Crippen molar-refractivity contribution in [2.75, 3.05) is 18.7 Å². The van der Waals surface area contributed by atoms with Crippen LogP contribution in [0.3, 0.4) is 0 Å². The van der Waals surface area contributed by atoms with Gasteiger partial charge in [-0.1, -0.05) is 12.1 Å². The summed E-state index contributed by atoms with van der Waals surface area (Å²) in [5.41, 5.74) is 2.25. The van der Waals surface area contributed by atoms with Gasteiger partial charge in [0.25, 0.3) is 0 Å². The van der Waals surface area contributed by atoms with Crippen LogP contribution in [0.4, 0.5) is 5.69 Å². The Hall–Kier alpha value is -2.32. The number of fused-ring (bicyclic) bond motifs is 1. The number of imidazole rings is 1. The van der Waals surface area contributed by atoms with Crippen LogP contribution in [-0.2, 0) is 21.8 Å². The van der Waals surface area contributed by atoms with Crippen LogP contribution in [-0.4, -0.2) is 34.8 Å². The van der Waals surface area contributed by atoms with E-state index in [1.165, 1.54) is 18.4 Å². The lowest BCUT2D eigenvalue weighted by Crippen LogP contribution is -2.20. The molecular formula is C17H17N3O3S2. The van der Waals surface area contributed by atoms with Crippen molar-refractivity contribution in [2.24, 2.45) is 0 Å². The van der Waals surface area contributed by atoms with Gasteiger partial charge in [0.05, 0.1) is 29.6 Å². The summed E-state index contributed by atoms with van der Waals surface area (Å²) in [6.45, 7) is 0.132. The predicted octanol–water partition coefficient (Wildman–Crippen LogP) is 3.39. The smallest absolute Gasteiger partial charge is 0.350 e. The zero-order valence-electron chi connectivity index (χ0n) is 13.8. The Bertz CT molecular complexity index is 917. The average molecular weight is 375 g/mol. The summed E-state index contributed by atoms with van der Waals surface area (Å²) in [6.07, 6.45) is 2.00. The van der Waals surface area contributed by atoms with Gasteiger partial charge in [-0.05, 0) is 29.8 Å². The molecule has 0 aliphatic carbocycles. The van der Waals surface area contributed by atoms with Crippen molar-refractivity contribution in [3.8, 4) is 0 Å². The van der Waals surface area contributed by atoms with Crippen molar-refractivity contribution >= 4 is 51.7 Å². The Kier molecular flexibility index (Phi) is 5.40. The minimum Gasteiger partial charge on any atom is -0.465 e. The van der Waals surface area contributed by atoms with Crippen LogP contribution in [0.1, 0.15) is 15.5 Å². The number of nitrogens with zero attached hydrogens (tertiary/aromatic N) is 2. The largest absolute Gasteiger partial charge is 0.465 e. The van der Waals surface area contributed by atoms with Gasteiger partial charge in [-0.2, -0.15) is 11.8 Å². The molecular weight excluding hydrogens is 358 g/mol. The zero-order chi connectivity index (χ0) is 17.8. The molecule has 1 amide bonds. The number of para-hydroxylation sites is 2. The molecule has 8 heteroatoms. The summed E-state index contributed by atoms with van der Waals surface area (Å²) in [6, 6.07) is 9.43. The maximum atomic E-state index is 12.5. The van der Waals surface area contributed by atoms with Gasteiger partial charge in [0.1, 0.15) is 17.2 Å². The first kappa shape index (κ1) is 17.5. The third-order valence-corrected chi connectivity index (χ3v) is 5.06. The van der Waals surface area contributed by atoms with E-state index in [-0.39, 0.29) is 12.5 Å². The van der Waals surface area contributed by atoms with Gasteiger partial charge in [-0.25, -0.2) is 9.78 Å². The van der Waals surface area contributed by atoms with Crippen molar-refractivity contribution in [2.45, 2.75) is 12.3 Å². The highest BCUT2D eigenvalue weighted by Crippen LogP contribution is 2.24.